The number of nitrogens with two attached hydrogens (primary N) is 1. The van der Waals surface area contributed by atoms with Crippen LogP contribution in [0.2, 0.25) is 0 Å². The third kappa shape index (κ3) is 4.27. The molecule has 0 spiro atoms. The lowest BCUT2D eigenvalue weighted by Gasteiger charge is -2.34. The molecular formula is C17H22ClN3O2S. The molecule has 0 aromatic heterocycles. The van der Waals surface area contributed by atoms with E-state index in [2.05, 4.69) is 4.90 Å². The zero-order valence-corrected chi connectivity index (χ0v) is 15.0. The van der Waals surface area contributed by atoms with Crippen LogP contribution in [0.15, 0.2) is 59.5 Å². The van der Waals surface area contributed by atoms with Gasteiger partial charge < -0.3 is 5.73 Å². The van der Waals surface area contributed by atoms with Crippen molar-refractivity contribution in [3.05, 3.63) is 60.2 Å². The van der Waals surface area contributed by atoms with E-state index in [-0.39, 0.29) is 12.4 Å². The highest BCUT2D eigenvalue weighted by Gasteiger charge is 2.28. The number of nitrogens with zero attached hydrogens (tertiary/aromatic N) is 2. The fraction of sp³-hybridized carbons (Fsp3) is 0.294. The maximum absolute atomic E-state index is 12.6. The highest BCUT2D eigenvalue weighted by molar-refractivity contribution is 7.89. The fourth-order valence-electron chi connectivity index (χ4n) is 2.82. The lowest BCUT2D eigenvalue weighted by molar-refractivity contribution is 0.181. The largest absolute Gasteiger partial charge is 0.399 e. The molecule has 0 amide bonds. The molecule has 1 aliphatic heterocycles. The molecule has 0 bridgehead atoms. The van der Waals surface area contributed by atoms with Crippen molar-refractivity contribution in [3.63, 3.8) is 0 Å². The summed E-state index contributed by atoms with van der Waals surface area (Å²) < 4.78 is 26.7. The van der Waals surface area contributed by atoms with Gasteiger partial charge in [0.2, 0.25) is 10.0 Å². The van der Waals surface area contributed by atoms with Gasteiger partial charge in [0.25, 0.3) is 0 Å². The van der Waals surface area contributed by atoms with Crippen molar-refractivity contribution < 1.29 is 8.42 Å². The SMILES string of the molecule is Cl.Nc1cccc(CN2CCN(S(=O)(=O)c3ccccc3)CC2)c1. The Balaban J connectivity index is 0.00000208. The number of piperazine rings is 1. The van der Waals surface area contributed by atoms with Crippen molar-refractivity contribution in [1.29, 1.82) is 0 Å². The average Bonchev–Trinajstić information content (AvgIpc) is 2.56. The Hall–Kier alpha value is -1.60. The summed E-state index contributed by atoms with van der Waals surface area (Å²) in [5.41, 5.74) is 7.72. The standard InChI is InChI=1S/C17H21N3O2S.ClH/c18-16-6-4-5-15(13-16)14-19-9-11-20(12-10-19)23(21,22)17-7-2-1-3-8-17;/h1-8,13H,9-12,14,18H2;1H. The molecule has 7 heteroatoms. The van der Waals surface area contributed by atoms with Gasteiger partial charge in [-0.25, -0.2) is 8.42 Å². The zero-order valence-electron chi connectivity index (χ0n) is 13.3. The van der Waals surface area contributed by atoms with Gasteiger partial charge in [-0.15, -0.1) is 12.4 Å². The molecule has 0 saturated carbocycles. The van der Waals surface area contributed by atoms with Crippen LogP contribution in [0.5, 0.6) is 0 Å². The molecule has 2 N–H and O–H groups in total. The lowest BCUT2D eigenvalue weighted by Crippen LogP contribution is -2.48. The van der Waals surface area contributed by atoms with Gasteiger partial charge in [0.05, 0.1) is 4.90 Å². The monoisotopic (exact) mass is 367 g/mol. The van der Waals surface area contributed by atoms with E-state index < -0.39 is 10.0 Å². The molecule has 130 valence electrons. The summed E-state index contributed by atoms with van der Waals surface area (Å²) in [6.07, 6.45) is 0. The Kier molecular flexibility index (Phi) is 6.23. The summed E-state index contributed by atoms with van der Waals surface area (Å²) in [6, 6.07) is 16.4. The molecule has 1 aliphatic rings. The summed E-state index contributed by atoms with van der Waals surface area (Å²) in [5.74, 6) is 0. The van der Waals surface area contributed by atoms with E-state index in [0.29, 0.717) is 18.0 Å². The van der Waals surface area contributed by atoms with E-state index in [4.69, 9.17) is 5.73 Å². The van der Waals surface area contributed by atoms with Gasteiger partial charge in [0.15, 0.2) is 0 Å². The molecule has 3 rings (SSSR count). The Morgan fingerprint density at radius 3 is 2.21 bits per heavy atom. The van der Waals surface area contributed by atoms with Gasteiger partial charge in [-0.3, -0.25) is 4.90 Å². The number of rotatable bonds is 4. The number of hydrogen-bond acceptors (Lipinski definition) is 4. The summed E-state index contributed by atoms with van der Waals surface area (Å²) in [5, 5.41) is 0. The quantitative estimate of drug-likeness (QED) is 0.841. The Bertz CT molecular complexity index is 760. The van der Waals surface area contributed by atoms with Crippen LogP contribution in [0.25, 0.3) is 0 Å². The zero-order chi connectivity index (χ0) is 16.3. The average molecular weight is 368 g/mol. The van der Waals surface area contributed by atoms with Gasteiger partial charge >= 0.3 is 0 Å². The van der Waals surface area contributed by atoms with Crippen LogP contribution in [0.4, 0.5) is 5.69 Å². The number of benzene rings is 2. The summed E-state index contributed by atoms with van der Waals surface area (Å²) in [6.45, 7) is 3.27. The summed E-state index contributed by atoms with van der Waals surface area (Å²) >= 11 is 0. The van der Waals surface area contributed by atoms with Gasteiger partial charge in [-0.1, -0.05) is 30.3 Å². The van der Waals surface area contributed by atoms with Crippen LogP contribution in [-0.4, -0.2) is 43.8 Å². The second kappa shape index (κ2) is 7.98. The highest BCUT2D eigenvalue weighted by Crippen LogP contribution is 2.18. The van der Waals surface area contributed by atoms with Crippen molar-refractivity contribution in [3.8, 4) is 0 Å². The third-order valence-corrected chi connectivity index (χ3v) is 5.98. The maximum Gasteiger partial charge on any atom is 0.243 e. The van der Waals surface area contributed by atoms with Crippen LogP contribution in [-0.2, 0) is 16.6 Å². The van der Waals surface area contributed by atoms with E-state index in [1.54, 1.807) is 28.6 Å². The Morgan fingerprint density at radius 1 is 0.917 bits per heavy atom. The second-order valence-corrected chi connectivity index (χ2v) is 7.68. The highest BCUT2D eigenvalue weighted by atomic mass is 35.5. The first-order chi connectivity index (χ1) is 11.1. The van der Waals surface area contributed by atoms with E-state index in [1.807, 2.05) is 30.3 Å². The molecule has 1 heterocycles. The smallest absolute Gasteiger partial charge is 0.243 e. The molecule has 0 atom stereocenters. The van der Waals surface area contributed by atoms with E-state index >= 15 is 0 Å². The fourth-order valence-corrected chi connectivity index (χ4v) is 4.26. The van der Waals surface area contributed by atoms with Crippen LogP contribution < -0.4 is 5.73 Å². The minimum Gasteiger partial charge on any atom is -0.399 e. The van der Waals surface area contributed by atoms with Crippen molar-refractivity contribution in [2.24, 2.45) is 0 Å². The summed E-state index contributed by atoms with van der Waals surface area (Å²) in [4.78, 5) is 2.62. The van der Waals surface area contributed by atoms with E-state index in [0.717, 1.165) is 30.9 Å². The molecule has 2 aromatic rings. The first kappa shape index (κ1) is 18.7. The molecule has 0 aliphatic carbocycles. The number of anilines is 1. The normalized spacial score (nSPS) is 16.5. The summed E-state index contributed by atoms with van der Waals surface area (Å²) in [7, 11) is -3.38. The molecule has 24 heavy (non-hydrogen) atoms. The van der Waals surface area contributed by atoms with Crippen molar-refractivity contribution in [1.82, 2.24) is 9.21 Å². The van der Waals surface area contributed by atoms with Crippen LogP contribution in [0.1, 0.15) is 5.56 Å². The van der Waals surface area contributed by atoms with Crippen LogP contribution >= 0.6 is 12.4 Å². The van der Waals surface area contributed by atoms with Crippen LogP contribution in [0.3, 0.4) is 0 Å². The van der Waals surface area contributed by atoms with Crippen molar-refractivity contribution >= 4 is 28.1 Å². The maximum atomic E-state index is 12.6. The van der Waals surface area contributed by atoms with Gasteiger partial charge in [0.1, 0.15) is 0 Å². The minimum atomic E-state index is -3.38. The number of halogens is 1. The number of sulfonamides is 1. The molecule has 0 unspecified atom stereocenters. The van der Waals surface area contributed by atoms with Crippen molar-refractivity contribution in [2.75, 3.05) is 31.9 Å². The Labute approximate surface area is 149 Å². The molecule has 1 fully saturated rings. The Morgan fingerprint density at radius 2 is 1.58 bits per heavy atom. The van der Waals surface area contributed by atoms with Gasteiger partial charge in [-0.05, 0) is 29.8 Å². The number of hydrogen-bond donors (Lipinski definition) is 1. The molecule has 5 nitrogen and oxygen atoms in total. The topological polar surface area (TPSA) is 66.6 Å². The second-order valence-electron chi connectivity index (χ2n) is 5.74. The van der Waals surface area contributed by atoms with Crippen LogP contribution in [0, 0.1) is 0 Å². The first-order valence-corrected chi connectivity index (χ1v) is 9.12. The lowest BCUT2D eigenvalue weighted by atomic mass is 10.2. The van der Waals surface area contributed by atoms with Crippen molar-refractivity contribution in [2.45, 2.75) is 11.4 Å². The predicted octanol–water partition coefficient (Wildman–Crippen LogP) is 2.20. The minimum absolute atomic E-state index is 0. The first-order valence-electron chi connectivity index (χ1n) is 7.68. The molecular weight excluding hydrogens is 346 g/mol. The van der Waals surface area contributed by atoms with E-state index in [1.165, 1.54) is 0 Å². The predicted molar refractivity (Wildman–Crippen MR) is 98.6 cm³/mol. The number of nitrogen functional groups attached to an aromatic ring is 1. The molecule has 1 saturated heterocycles. The molecule has 2 aromatic carbocycles. The third-order valence-electron chi connectivity index (χ3n) is 4.07. The van der Waals surface area contributed by atoms with Gasteiger partial charge in [-0.2, -0.15) is 4.31 Å². The molecule has 0 radical (unpaired) electrons. The van der Waals surface area contributed by atoms with Gasteiger partial charge in [0, 0.05) is 38.4 Å². The van der Waals surface area contributed by atoms with E-state index in [9.17, 15) is 8.42 Å².